The number of unbranched alkanes of at least 4 members (excludes halogenated alkanes) is 1. The molecule has 120 valence electrons. The third-order valence-corrected chi connectivity index (χ3v) is 6.63. The van der Waals surface area contributed by atoms with Gasteiger partial charge in [-0.1, -0.05) is 20.3 Å². The zero-order valence-corrected chi connectivity index (χ0v) is 14.5. The van der Waals surface area contributed by atoms with Crippen LogP contribution in [0.2, 0.25) is 0 Å². The highest BCUT2D eigenvalue weighted by atomic mass is 32.2. The lowest BCUT2D eigenvalue weighted by atomic mass is 10.2. The maximum Gasteiger partial charge on any atom is 0.358 e. The average Bonchev–Trinajstić information content (AvgIpc) is 2.96. The predicted molar refractivity (Wildman–Crippen MR) is 82.0 cm³/mol. The standard InChI is InChI=1S/C13H22N2O4S2/c1-5-7-8-15(10(3)6-2)21(17,18)13-11(12(16)19-4)14-9-20-13/h9-10H,5-8H2,1-4H3. The topological polar surface area (TPSA) is 76.6 Å². The maximum absolute atomic E-state index is 12.8. The van der Waals surface area contributed by atoms with E-state index in [1.165, 1.54) is 16.9 Å². The molecule has 0 amide bonds. The van der Waals surface area contributed by atoms with E-state index in [1.807, 2.05) is 20.8 Å². The van der Waals surface area contributed by atoms with Crippen molar-refractivity contribution in [1.29, 1.82) is 0 Å². The summed E-state index contributed by atoms with van der Waals surface area (Å²) in [7, 11) is -2.53. The van der Waals surface area contributed by atoms with Crippen LogP contribution in [0.3, 0.4) is 0 Å². The Hall–Kier alpha value is -0.990. The number of thiazole rings is 1. The molecule has 0 saturated carbocycles. The minimum Gasteiger partial charge on any atom is -0.464 e. The Bertz CT molecular complexity index is 568. The van der Waals surface area contributed by atoms with E-state index < -0.39 is 16.0 Å². The van der Waals surface area contributed by atoms with Crippen LogP contribution in [0.5, 0.6) is 0 Å². The lowest BCUT2D eigenvalue weighted by Gasteiger charge is -2.27. The molecule has 0 aliphatic carbocycles. The summed E-state index contributed by atoms with van der Waals surface area (Å²) in [6.07, 6.45) is 2.38. The van der Waals surface area contributed by atoms with Gasteiger partial charge in [-0.05, 0) is 19.8 Å². The van der Waals surface area contributed by atoms with Crippen LogP contribution in [0.15, 0.2) is 9.72 Å². The summed E-state index contributed by atoms with van der Waals surface area (Å²) < 4.78 is 31.7. The Kier molecular flexibility index (Phi) is 6.76. The highest BCUT2D eigenvalue weighted by molar-refractivity contribution is 7.91. The van der Waals surface area contributed by atoms with Gasteiger partial charge in [0.15, 0.2) is 9.90 Å². The number of methoxy groups -OCH3 is 1. The first-order valence-electron chi connectivity index (χ1n) is 6.93. The van der Waals surface area contributed by atoms with Crippen LogP contribution in [0, 0.1) is 0 Å². The highest BCUT2D eigenvalue weighted by Crippen LogP contribution is 2.27. The van der Waals surface area contributed by atoms with Crippen LogP contribution in [-0.4, -0.2) is 43.4 Å². The molecule has 0 radical (unpaired) electrons. The molecule has 0 N–H and O–H groups in total. The van der Waals surface area contributed by atoms with Crippen molar-refractivity contribution < 1.29 is 17.9 Å². The molecule has 0 fully saturated rings. The van der Waals surface area contributed by atoms with E-state index in [0.717, 1.165) is 24.2 Å². The summed E-state index contributed by atoms with van der Waals surface area (Å²) >= 11 is 0.948. The van der Waals surface area contributed by atoms with Crippen LogP contribution in [0.4, 0.5) is 0 Å². The number of sulfonamides is 1. The second-order valence-corrected chi connectivity index (χ2v) is 7.65. The number of carbonyl (C=O) groups excluding carboxylic acids is 1. The Labute approximate surface area is 130 Å². The molecule has 1 unspecified atom stereocenters. The molecule has 1 aromatic heterocycles. The fourth-order valence-electron chi connectivity index (χ4n) is 1.85. The van der Waals surface area contributed by atoms with Crippen molar-refractivity contribution in [3.63, 3.8) is 0 Å². The van der Waals surface area contributed by atoms with Gasteiger partial charge in [-0.15, -0.1) is 11.3 Å². The van der Waals surface area contributed by atoms with Gasteiger partial charge in [0.1, 0.15) is 0 Å². The molecule has 0 bridgehead atoms. The van der Waals surface area contributed by atoms with Crippen molar-refractivity contribution in [2.24, 2.45) is 0 Å². The number of hydrogen-bond donors (Lipinski definition) is 0. The van der Waals surface area contributed by atoms with Crippen molar-refractivity contribution in [3.8, 4) is 0 Å². The first-order valence-corrected chi connectivity index (χ1v) is 9.25. The number of nitrogens with zero attached hydrogens (tertiary/aromatic N) is 2. The maximum atomic E-state index is 12.8. The van der Waals surface area contributed by atoms with E-state index >= 15 is 0 Å². The molecular formula is C13H22N2O4S2. The molecule has 1 heterocycles. The van der Waals surface area contributed by atoms with Crippen LogP contribution in [0.25, 0.3) is 0 Å². The normalized spacial score (nSPS) is 13.4. The first kappa shape index (κ1) is 18.1. The summed E-state index contributed by atoms with van der Waals surface area (Å²) in [5, 5.41) is 0. The number of esters is 1. The van der Waals surface area contributed by atoms with Gasteiger partial charge in [-0.2, -0.15) is 4.31 Å². The van der Waals surface area contributed by atoms with Crippen molar-refractivity contribution in [2.45, 2.75) is 50.3 Å². The lowest BCUT2D eigenvalue weighted by molar-refractivity contribution is 0.0590. The number of aromatic nitrogens is 1. The molecule has 6 nitrogen and oxygen atoms in total. The monoisotopic (exact) mass is 334 g/mol. The summed E-state index contributed by atoms with van der Waals surface area (Å²) in [6, 6.07) is -0.130. The molecule has 1 rings (SSSR count). The fraction of sp³-hybridized carbons (Fsp3) is 0.692. The van der Waals surface area contributed by atoms with Gasteiger partial charge in [0.05, 0.1) is 12.6 Å². The smallest absolute Gasteiger partial charge is 0.358 e. The van der Waals surface area contributed by atoms with E-state index in [0.29, 0.717) is 13.0 Å². The van der Waals surface area contributed by atoms with Crippen LogP contribution >= 0.6 is 11.3 Å². The third kappa shape index (κ3) is 4.02. The molecule has 1 aromatic rings. The predicted octanol–water partition coefficient (Wildman–Crippen LogP) is 2.52. The Morgan fingerprint density at radius 2 is 2.14 bits per heavy atom. The molecule has 0 spiro atoms. The Morgan fingerprint density at radius 3 is 2.67 bits per heavy atom. The van der Waals surface area contributed by atoms with Crippen molar-refractivity contribution in [3.05, 3.63) is 11.2 Å². The van der Waals surface area contributed by atoms with Crippen molar-refractivity contribution in [2.75, 3.05) is 13.7 Å². The number of hydrogen-bond acceptors (Lipinski definition) is 6. The second-order valence-electron chi connectivity index (χ2n) is 4.71. The molecule has 21 heavy (non-hydrogen) atoms. The highest BCUT2D eigenvalue weighted by Gasteiger charge is 2.34. The summed E-state index contributed by atoms with van der Waals surface area (Å²) in [6.45, 7) is 6.25. The van der Waals surface area contributed by atoms with E-state index in [-0.39, 0.29) is 15.9 Å². The fourth-order valence-corrected chi connectivity index (χ4v) is 4.84. The number of ether oxygens (including phenoxy) is 1. The quantitative estimate of drug-likeness (QED) is 0.683. The van der Waals surface area contributed by atoms with Gasteiger partial charge in [0.2, 0.25) is 0 Å². The second kappa shape index (κ2) is 7.86. The van der Waals surface area contributed by atoms with E-state index in [4.69, 9.17) is 0 Å². The van der Waals surface area contributed by atoms with Gasteiger partial charge in [0, 0.05) is 12.6 Å². The molecule has 8 heteroatoms. The molecule has 0 aliphatic rings. The van der Waals surface area contributed by atoms with Crippen LogP contribution in [-0.2, 0) is 14.8 Å². The Morgan fingerprint density at radius 1 is 1.48 bits per heavy atom. The van der Waals surface area contributed by atoms with Crippen LogP contribution < -0.4 is 0 Å². The van der Waals surface area contributed by atoms with Crippen molar-refractivity contribution >= 4 is 27.3 Å². The molecule has 1 atom stereocenters. The molecule has 0 aliphatic heterocycles. The third-order valence-electron chi connectivity index (χ3n) is 3.27. The lowest BCUT2D eigenvalue weighted by Crippen LogP contribution is -2.39. The molecular weight excluding hydrogens is 312 g/mol. The van der Waals surface area contributed by atoms with Crippen LogP contribution in [0.1, 0.15) is 50.5 Å². The summed E-state index contributed by atoms with van der Waals surface area (Å²) in [5.41, 5.74) is 1.22. The van der Waals surface area contributed by atoms with E-state index in [1.54, 1.807) is 0 Å². The molecule has 0 aromatic carbocycles. The SMILES string of the molecule is CCCCN(C(C)CC)S(=O)(=O)c1scnc1C(=O)OC. The average molecular weight is 334 g/mol. The van der Waals surface area contributed by atoms with Gasteiger partial charge in [0.25, 0.3) is 10.0 Å². The Balaban J connectivity index is 3.23. The van der Waals surface area contributed by atoms with Crippen molar-refractivity contribution in [1.82, 2.24) is 9.29 Å². The summed E-state index contributed by atoms with van der Waals surface area (Å²) in [5.74, 6) is -0.727. The first-order chi connectivity index (χ1) is 9.89. The van der Waals surface area contributed by atoms with E-state index in [9.17, 15) is 13.2 Å². The minimum atomic E-state index is -3.74. The number of carbonyl (C=O) groups is 1. The largest absolute Gasteiger partial charge is 0.464 e. The van der Waals surface area contributed by atoms with Gasteiger partial charge in [-0.3, -0.25) is 0 Å². The van der Waals surface area contributed by atoms with Gasteiger partial charge < -0.3 is 4.74 Å². The zero-order valence-electron chi connectivity index (χ0n) is 12.8. The minimum absolute atomic E-state index is 0.0363. The number of rotatable bonds is 8. The molecule has 0 saturated heterocycles. The zero-order chi connectivity index (χ0) is 16.0. The summed E-state index contributed by atoms with van der Waals surface area (Å²) in [4.78, 5) is 15.5. The van der Waals surface area contributed by atoms with Gasteiger partial charge >= 0.3 is 5.97 Å². The van der Waals surface area contributed by atoms with E-state index in [2.05, 4.69) is 9.72 Å². The van der Waals surface area contributed by atoms with Gasteiger partial charge in [-0.25, -0.2) is 18.2 Å².